The Kier molecular flexibility index (Phi) is 6.22. The maximum absolute atomic E-state index is 12.5. The number of carbonyl (C=O) groups is 2. The van der Waals surface area contributed by atoms with Crippen molar-refractivity contribution in [2.75, 3.05) is 21.3 Å². The summed E-state index contributed by atoms with van der Waals surface area (Å²) >= 11 is 0. The molecule has 0 spiro atoms. The first-order valence-electron chi connectivity index (χ1n) is 8.92. The van der Waals surface area contributed by atoms with Crippen molar-refractivity contribution in [1.82, 2.24) is 0 Å². The van der Waals surface area contributed by atoms with Crippen LogP contribution in [0.2, 0.25) is 0 Å². The number of allylic oxidation sites excluding steroid dienone is 1. The Morgan fingerprint density at radius 3 is 2.03 bits per heavy atom. The molecule has 2 aromatic carbocycles. The number of carboxylic acid groups (broad SMARTS) is 1. The molecule has 0 amide bonds. The van der Waals surface area contributed by atoms with Crippen molar-refractivity contribution >= 4 is 17.8 Å². The molecule has 3 rings (SSSR count). The number of carbonyl (C=O) groups excluding carboxylic acids is 1. The summed E-state index contributed by atoms with van der Waals surface area (Å²) < 4.78 is 21.2. The lowest BCUT2D eigenvalue weighted by Gasteiger charge is -2.12. The van der Waals surface area contributed by atoms with Crippen molar-refractivity contribution in [3.8, 4) is 28.6 Å². The van der Waals surface area contributed by atoms with E-state index in [1.54, 1.807) is 48.5 Å². The molecule has 0 saturated carbocycles. The molecule has 0 bridgehead atoms. The first kappa shape index (κ1) is 20.7. The smallest absolute Gasteiger partial charge is 0.371 e. The van der Waals surface area contributed by atoms with Gasteiger partial charge in [0, 0.05) is 11.1 Å². The summed E-state index contributed by atoms with van der Waals surface area (Å²) in [5.74, 6) is 0.409. The molecular formula is C23H20O7. The Balaban J connectivity index is 1.78. The number of carboxylic acids is 1. The minimum atomic E-state index is -1.13. The van der Waals surface area contributed by atoms with Crippen LogP contribution >= 0.6 is 0 Å². The third-order valence-corrected chi connectivity index (χ3v) is 4.38. The number of methoxy groups -OCH3 is 3. The van der Waals surface area contributed by atoms with Gasteiger partial charge in [-0.2, -0.15) is 0 Å². The van der Waals surface area contributed by atoms with E-state index in [0.717, 1.165) is 0 Å². The van der Waals surface area contributed by atoms with Crippen LogP contribution in [0, 0.1) is 0 Å². The van der Waals surface area contributed by atoms with Crippen LogP contribution < -0.4 is 14.2 Å². The Hall–Kier alpha value is -4.00. The normalized spacial score (nSPS) is 10.8. The zero-order valence-corrected chi connectivity index (χ0v) is 16.7. The molecule has 0 saturated heterocycles. The third kappa shape index (κ3) is 4.35. The van der Waals surface area contributed by atoms with Gasteiger partial charge in [-0.1, -0.05) is 30.3 Å². The monoisotopic (exact) mass is 408 g/mol. The van der Waals surface area contributed by atoms with Crippen molar-refractivity contribution in [3.63, 3.8) is 0 Å². The summed E-state index contributed by atoms with van der Waals surface area (Å²) in [7, 11) is 4.57. The average molecular weight is 408 g/mol. The molecule has 0 aliphatic rings. The van der Waals surface area contributed by atoms with Gasteiger partial charge in [-0.25, -0.2) is 4.79 Å². The fourth-order valence-electron chi connectivity index (χ4n) is 2.87. The molecule has 7 heteroatoms. The molecule has 154 valence electrons. The van der Waals surface area contributed by atoms with Crippen LogP contribution in [0.4, 0.5) is 0 Å². The topological polar surface area (TPSA) is 95.2 Å². The Labute approximate surface area is 173 Å². The fourth-order valence-corrected chi connectivity index (χ4v) is 2.87. The van der Waals surface area contributed by atoms with Crippen molar-refractivity contribution in [2.45, 2.75) is 0 Å². The number of benzene rings is 2. The van der Waals surface area contributed by atoms with Gasteiger partial charge >= 0.3 is 5.97 Å². The highest BCUT2D eigenvalue weighted by Gasteiger charge is 2.13. The summed E-state index contributed by atoms with van der Waals surface area (Å²) in [6.45, 7) is 0. The lowest BCUT2D eigenvalue weighted by molar-refractivity contribution is 0.0663. The molecule has 0 atom stereocenters. The predicted octanol–water partition coefficient (Wildman–Crippen LogP) is 4.57. The molecule has 1 heterocycles. The van der Waals surface area contributed by atoms with Crippen LogP contribution in [0.25, 0.3) is 17.4 Å². The molecule has 1 aromatic heterocycles. The van der Waals surface area contributed by atoms with E-state index in [1.807, 2.05) is 0 Å². The minimum Gasteiger partial charge on any atom is -0.493 e. The van der Waals surface area contributed by atoms with Crippen LogP contribution in [-0.2, 0) is 0 Å². The van der Waals surface area contributed by atoms with Gasteiger partial charge in [0.2, 0.25) is 11.5 Å². The van der Waals surface area contributed by atoms with Crippen LogP contribution in [0.15, 0.2) is 59.0 Å². The van der Waals surface area contributed by atoms with E-state index in [1.165, 1.54) is 33.5 Å². The van der Waals surface area contributed by atoms with E-state index in [0.29, 0.717) is 39.7 Å². The summed E-state index contributed by atoms with van der Waals surface area (Å²) in [4.78, 5) is 23.4. The highest BCUT2D eigenvalue weighted by Crippen LogP contribution is 2.38. The zero-order valence-electron chi connectivity index (χ0n) is 16.7. The van der Waals surface area contributed by atoms with Gasteiger partial charge in [0.05, 0.1) is 21.3 Å². The van der Waals surface area contributed by atoms with Crippen LogP contribution in [-0.4, -0.2) is 38.2 Å². The molecule has 7 nitrogen and oxygen atoms in total. The summed E-state index contributed by atoms with van der Waals surface area (Å²) in [6.07, 6.45) is 3.11. The summed E-state index contributed by atoms with van der Waals surface area (Å²) in [5.41, 5.74) is 1.87. The molecule has 0 radical (unpaired) electrons. The second-order valence-electron chi connectivity index (χ2n) is 6.20. The summed E-state index contributed by atoms with van der Waals surface area (Å²) in [5, 5.41) is 8.94. The van der Waals surface area contributed by atoms with Gasteiger partial charge in [-0.3, -0.25) is 4.79 Å². The number of hydrogen-bond donors (Lipinski definition) is 1. The average Bonchev–Trinajstić information content (AvgIpc) is 3.27. The van der Waals surface area contributed by atoms with Crippen molar-refractivity contribution < 1.29 is 33.3 Å². The quantitative estimate of drug-likeness (QED) is 0.431. The Morgan fingerprint density at radius 2 is 1.53 bits per heavy atom. The third-order valence-electron chi connectivity index (χ3n) is 4.38. The van der Waals surface area contributed by atoms with Crippen LogP contribution in [0.1, 0.15) is 26.5 Å². The number of hydrogen-bond acceptors (Lipinski definition) is 6. The SMILES string of the molecule is COc1cc(/C=C/C(=O)c2ccc(-c3ccc(C(=O)O)o3)cc2)cc(OC)c1OC. The molecule has 0 unspecified atom stereocenters. The first-order valence-corrected chi connectivity index (χ1v) is 8.92. The number of aromatic carboxylic acids is 1. The van der Waals surface area contributed by atoms with Gasteiger partial charge in [0.15, 0.2) is 17.3 Å². The van der Waals surface area contributed by atoms with Crippen LogP contribution in [0.3, 0.4) is 0 Å². The van der Waals surface area contributed by atoms with E-state index in [4.69, 9.17) is 23.7 Å². The minimum absolute atomic E-state index is 0.140. The van der Waals surface area contributed by atoms with E-state index in [-0.39, 0.29) is 11.5 Å². The maximum atomic E-state index is 12.5. The van der Waals surface area contributed by atoms with Gasteiger partial charge in [0.1, 0.15) is 5.76 Å². The van der Waals surface area contributed by atoms with E-state index in [9.17, 15) is 9.59 Å². The lowest BCUT2D eigenvalue weighted by atomic mass is 10.1. The molecule has 0 aliphatic carbocycles. The second kappa shape index (κ2) is 9.00. The van der Waals surface area contributed by atoms with E-state index < -0.39 is 5.97 Å². The highest BCUT2D eigenvalue weighted by molar-refractivity contribution is 6.07. The molecule has 0 fully saturated rings. The lowest BCUT2D eigenvalue weighted by Crippen LogP contribution is -1.96. The molecule has 3 aromatic rings. The van der Waals surface area contributed by atoms with Gasteiger partial charge in [-0.05, 0) is 35.9 Å². The second-order valence-corrected chi connectivity index (χ2v) is 6.20. The standard InChI is InChI=1S/C23H20O7/c1-27-20-12-14(13-21(28-2)22(20)29-3)4-9-17(24)15-5-7-16(8-6-15)18-10-11-19(30-18)23(25)26/h4-13H,1-3H3,(H,25,26)/b9-4+. The largest absolute Gasteiger partial charge is 0.493 e. The van der Waals surface area contributed by atoms with Crippen LogP contribution in [0.5, 0.6) is 17.2 Å². The highest BCUT2D eigenvalue weighted by atomic mass is 16.5. The Bertz CT molecular complexity index is 1070. The number of ether oxygens (including phenoxy) is 3. The van der Waals surface area contributed by atoms with E-state index >= 15 is 0 Å². The molecule has 0 aliphatic heterocycles. The van der Waals surface area contributed by atoms with Gasteiger partial charge < -0.3 is 23.7 Å². The number of rotatable bonds is 8. The predicted molar refractivity (Wildman–Crippen MR) is 111 cm³/mol. The van der Waals surface area contributed by atoms with Gasteiger partial charge in [0.25, 0.3) is 0 Å². The first-order chi connectivity index (χ1) is 14.5. The number of ketones is 1. The molecule has 1 N–H and O–H groups in total. The molecular weight excluding hydrogens is 388 g/mol. The fraction of sp³-hybridized carbons (Fsp3) is 0.130. The van der Waals surface area contributed by atoms with Crippen molar-refractivity contribution in [3.05, 3.63) is 71.5 Å². The zero-order chi connectivity index (χ0) is 21.7. The van der Waals surface area contributed by atoms with Crippen molar-refractivity contribution in [2.24, 2.45) is 0 Å². The van der Waals surface area contributed by atoms with Crippen molar-refractivity contribution in [1.29, 1.82) is 0 Å². The summed E-state index contributed by atoms with van der Waals surface area (Å²) in [6, 6.07) is 13.1. The maximum Gasteiger partial charge on any atom is 0.371 e. The van der Waals surface area contributed by atoms with E-state index in [2.05, 4.69) is 0 Å². The number of furan rings is 1. The van der Waals surface area contributed by atoms with Gasteiger partial charge in [-0.15, -0.1) is 0 Å². The molecule has 30 heavy (non-hydrogen) atoms. The Morgan fingerprint density at radius 1 is 0.900 bits per heavy atom.